The quantitative estimate of drug-likeness (QED) is 0.786. The molecule has 2 aliphatic heterocycles. The highest BCUT2D eigenvalue weighted by Gasteiger charge is 2.39. The van der Waals surface area contributed by atoms with Crippen LogP contribution in [0.25, 0.3) is 0 Å². The van der Waals surface area contributed by atoms with Gasteiger partial charge < -0.3 is 9.64 Å². The van der Waals surface area contributed by atoms with E-state index in [0.717, 1.165) is 37.5 Å². The fourth-order valence-electron chi connectivity index (χ4n) is 4.48. The normalized spacial score (nSPS) is 23.1. The zero-order valence-corrected chi connectivity index (χ0v) is 16.8. The van der Waals surface area contributed by atoms with Gasteiger partial charge in [-0.3, -0.25) is 9.69 Å². The molecule has 1 aromatic carbocycles. The van der Waals surface area contributed by atoms with Crippen molar-refractivity contribution in [3.8, 4) is 5.75 Å². The van der Waals surface area contributed by atoms with Gasteiger partial charge in [-0.15, -0.1) is 0 Å². The lowest BCUT2D eigenvalue weighted by molar-refractivity contribution is -0.129. The summed E-state index contributed by atoms with van der Waals surface area (Å²) in [7, 11) is 1.70. The Morgan fingerprint density at radius 1 is 1.15 bits per heavy atom. The summed E-state index contributed by atoms with van der Waals surface area (Å²) in [6, 6.07) is 10.9. The number of thiophene rings is 1. The Balaban J connectivity index is 1.43. The zero-order chi connectivity index (χ0) is 18.6. The maximum absolute atomic E-state index is 12.8. The van der Waals surface area contributed by atoms with Crippen LogP contribution >= 0.6 is 11.3 Å². The molecule has 0 saturated carbocycles. The summed E-state index contributed by atoms with van der Waals surface area (Å²) in [5, 5.41) is 4.13. The van der Waals surface area contributed by atoms with Crippen LogP contribution in [0.5, 0.6) is 5.75 Å². The summed E-state index contributed by atoms with van der Waals surface area (Å²) in [6.45, 7) is 3.88. The highest BCUT2D eigenvalue weighted by atomic mass is 32.1. The van der Waals surface area contributed by atoms with Crippen LogP contribution in [-0.2, 0) is 17.8 Å². The molecule has 2 aromatic rings. The molecule has 0 unspecified atom stereocenters. The second-order valence-electron chi connectivity index (χ2n) is 7.75. The second kappa shape index (κ2) is 8.44. The van der Waals surface area contributed by atoms with Crippen molar-refractivity contribution in [3.63, 3.8) is 0 Å². The molecule has 144 valence electrons. The molecule has 0 spiro atoms. The highest BCUT2D eigenvalue weighted by molar-refractivity contribution is 7.08. The van der Waals surface area contributed by atoms with Crippen molar-refractivity contribution in [2.45, 2.75) is 38.3 Å². The molecule has 1 amide bonds. The molecule has 2 fully saturated rings. The summed E-state index contributed by atoms with van der Waals surface area (Å²) in [5.41, 5.74) is 2.46. The number of benzene rings is 1. The molecule has 0 N–H and O–H groups in total. The van der Waals surface area contributed by atoms with Crippen LogP contribution in [0.2, 0.25) is 0 Å². The van der Waals surface area contributed by atoms with Gasteiger partial charge in [-0.1, -0.05) is 18.6 Å². The number of likely N-dealkylation sites (tertiary alicyclic amines) is 2. The standard InChI is InChI=1S/C22H28N2O2S/c1-26-20-7-5-17(6-8-20)13-23-10-3-2-4-19-14-24(15-21(19)23)22(25)12-18-9-11-27-16-18/h5-9,11,16,19,21H,2-4,10,12-15H2,1H3/t19-,21+/m0/s1. The molecular formula is C22H28N2O2S. The fourth-order valence-corrected chi connectivity index (χ4v) is 5.15. The van der Waals surface area contributed by atoms with E-state index in [1.54, 1.807) is 18.4 Å². The van der Waals surface area contributed by atoms with Gasteiger partial charge in [0, 0.05) is 25.7 Å². The Labute approximate surface area is 165 Å². The minimum absolute atomic E-state index is 0.283. The van der Waals surface area contributed by atoms with Gasteiger partial charge in [0.1, 0.15) is 5.75 Å². The van der Waals surface area contributed by atoms with Crippen molar-refractivity contribution in [1.29, 1.82) is 0 Å². The summed E-state index contributed by atoms with van der Waals surface area (Å²) in [4.78, 5) is 17.5. The van der Waals surface area contributed by atoms with Gasteiger partial charge in [0.25, 0.3) is 0 Å². The van der Waals surface area contributed by atoms with E-state index < -0.39 is 0 Å². The summed E-state index contributed by atoms with van der Waals surface area (Å²) in [5.74, 6) is 1.79. The van der Waals surface area contributed by atoms with Gasteiger partial charge in [-0.05, 0) is 65.4 Å². The summed E-state index contributed by atoms with van der Waals surface area (Å²) in [6.07, 6.45) is 4.31. The van der Waals surface area contributed by atoms with Gasteiger partial charge in [-0.2, -0.15) is 11.3 Å². The van der Waals surface area contributed by atoms with Gasteiger partial charge in [0.15, 0.2) is 0 Å². The van der Waals surface area contributed by atoms with Gasteiger partial charge in [0.05, 0.1) is 13.5 Å². The lowest BCUT2D eigenvalue weighted by atomic mass is 9.98. The van der Waals surface area contributed by atoms with Crippen LogP contribution in [-0.4, -0.2) is 48.5 Å². The second-order valence-corrected chi connectivity index (χ2v) is 8.53. The predicted molar refractivity (Wildman–Crippen MR) is 109 cm³/mol. The van der Waals surface area contributed by atoms with Crippen molar-refractivity contribution < 1.29 is 9.53 Å². The lowest BCUT2D eigenvalue weighted by Crippen LogP contribution is -2.40. The maximum Gasteiger partial charge on any atom is 0.227 e. The molecule has 27 heavy (non-hydrogen) atoms. The third kappa shape index (κ3) is 4.36. The number of hydrogen-bond acceptors (Lipinski definition) is 4. The Kier molecular flexibility index (Phi) is 5.79. The Morgan fingerprint density at radius 3 is 2.74 bits per heavy atom. The van der Waals surface area contributed by atoms with E-state index in [0.29, 0.717) is 18.4 Å². The highest BCUT2D eigenvalue weighted by Crippen LogP contribution is 2.31. The summed E-state index contributed by atoms with van der Waals surface area (Å²) < 4.78 is 5.27. The van der Waals surface area contributed by atoms with Gasteiger partial charge >= 0.3 is 0 Å². The molecule has 1 aromatic heterocycles. The van der Waals surface area contributed by atoms with Crippen molar-refractivity contribution in [1.82, 2.24) is 9.80 Å². The smallest absolute Gasteiger partial charge is 0.227 e. The molecule has 0 aliphatic carbocycles. The molecule has 4 nitrogen and oxygen atoms in total. The van der Waals surface area contributed by atoms with E-state index in [4.69, 9.17) is 4.74 Å². The molecule has 5 heteroatoms. The number of rotatable bonds is 5. The van der Waals surface area contributed by atoms with Gasteiger partial charge in [-0.25, -0.2) is 0 Å². The van der Waals surface area contributed by atoms with E-state index in [-0.39, 0.29) is 5.91 Å². The van der Waals surface area contributed by atoms with Crippen molar-refractivity contribution in [3.05, 3.63) is 52.2 Å². The van der Waals surface area contributed by atoms with Crippen molar-refractivity contribution >= 4 is 17.2 Å². The maximum atomic E-state index is 12.8. The predicted octanol–water partition coefficient (Wildman–Crippen LogP) is 3.81. The van der Waals surface area contributed by atoms with E-state index in [1.807, 2.05) is 17.5 Å². The third-order valence-electron chi connectivity index (χ3n) is 5.98. The molecular weight excluding hydrogens is 356 g/mol. The van der Waals surface area contributed by atoms with Crippen molar-refractivity contribution in [2.24, 2.45) is 5.92 Å². The topological polar surface area (TPSA) is 32.8 Å². The SMILES string of the molecule is COc1ccc(CN2CCCC[C@H]3CN(C(=O)Cc4ccsc4)C[C@H]32)cc1. The largest absolute Gasteiger partial charge is 0.497 e. The number of carbonyl (C=O) groups excluding carboxylic acids is 1. The minimum Gasteiger partial charge on any atom is -0.497 e. The van der Waals surface area contributed by atoms with E-state index >= 15 is 0 Å². The fraction of sp³-hybridized carbons (Fsp3) is 0.500. The van der Waals surface area contributed by atoms with E-state index in [9.17, 15) is 4.79 Å². The first kappa shape index (κ1) is 18.5. The number of amides is 1. The number of methoxy groups -OCH3 is 1. The molecule has 4 rings (SSSR count). The lowest BCUT2D eigenvalue weighted by Gasteiger charge is -2.30. The first-order chi connectivity index (χ1) is 13.2. The van der Waals surface area contributed by atoms with E-state index in [1.165, 1.54) is 24.8 Å². The van der Waals surface area contributed by atoms with Crippen LogP contribution < -0.4 is 4.74 Å². The molecule has 2 atom stereocenters. The molecule has 2 saturated heterocycles. The van der Waals surface area contributed by atoms with Crippen LogP contribution in [0.3, 0.4) is 0 Å². The molecule has 0 bridgehead atoms. The number of fused-ring (bicyclic) bond motifs is 1. The average molecular weight is 385 g/mol. The zero-order valence-electron chi connectivity index (χ0n) is 16.0. The number of hydrogen-bond donors (Lipinski definition) is 0. The number of carbonyl (C=O) groups is 1. The monoisotopic (exact) mass is 384 g/mol. The van der Waals surface area contributed by atoms with Gasteiger partial charge in [0.2, 0.25) is 5.91 Å². The first-order valence-corrected chi connectivity index (χ1v) is 10.8. The molecule has 3 heterocycles. The summed E-state index contributed by atoms with van der Waals surface area (Å²) >= 11 is 1.66. The third-order valence-corrected chi connectivity index (χ3v) is 6.71. The first-order valence-electron chi connectivity index (χ1n) is 9.89. The minimum atomic E-state index is 0.283. The number of ether oxygens (including phenoxy) is 1. The van der Waals surface area contributed by atoms with Crippen LogP contribution in [0, 0.1) is 5.92 Å². The van der Waals surface area contributed by atoms with Crippen LogP contribution in [0.4, 0.5) is 0 Å². The van der Waals surface area contributed by atoms with Crippen LogP contribution in [0.1, 0.15) is 30.4 Å². The van der Waals surface area contributed by atoms with E-state index in [2.05, 4.69) is 33.4 Å². The Hall–Kier alpha value is -1.85. The molecule has 2 aliphatic rings. The number of nitrogens with zero attached hydrogens (tertiary/aromatic N) is 2. The van der Waals surface area contributed by atoms with Crippen LogP contribution in [0.15, 0.2) is 41.1 Å². The Morgan fingerprint density at radius 2 is 2.00 bits per heavy atom. The molecule has 0 radical (unpaired) electrons. The average Bonchev–Trinajstić information content (AvgIpc) is 3.31. The Bertz CT molecular complexity index is 744. The van der Waals surface area contributed by atoms with Crippen molar-refractivity contribution in [2.75, 3.05) is 26.7 Å².